The van der Waals surface area contributed by atoms with E-state index in [0.29, 0.717) is 0 Å². The highest BCUT2D eigenvalue weighted by Crippen LogP contribution is 2.21. The molecule has 0 aromatic heterocycles. The second-order valence-electron chi connectivity index (χ2n) is 4.56. The lowest BCUT2D eigenvalue weighted by molar-refractivity contribution is -0.231. The van der Waals surface area contributed by atoms with Crippen molar-refractivity contribution >= 4 is 0 Å². The number of ether oxygens (including phenoxy) is 1. The normalized spacial score (nSPS) is 40.0. The van der Waals surface area contributed by atoms with Crippen LogP contribution in [0.1, 0.15) is 6.92 Å². The molecule has 0 amide bonds. The second-order valence-corrected chi connectivity index (χ2v) is 4.56. The first-order valence-corrected chi connectivity index (χ1v) is 5.65. The van der Waals surface area contributed by atoms with E-state index in [0.717, 1.165) is 0 Å². The quantitative estimate of drug-likeness (QED) is 0.272. The van der Waals surface area contributed by atoms with Crippen LogP contribution < -0.4 is 0 Å². The van der Waals surface area contributed by atoms with E-state index in [1.807, 2.05) is 0 Å². The van der Waals surface area contributed by atoms with Crippen LogP contribution in [0.5, 0.6) is 0 Å². The van der Waals surface area contributed by atoms with Gasteiger partial charge in [0.2, 0.25) is 0 Å². The lowest BCUT2D eigenvalue weighted by Crippen LogP contribution is -2.60. The Labute approximate surface area is 104 Å². The van der Waals surface area contributed by atoms with Gasteiger partial charge in [-0.15, -0.1) is 0 Å². The van der Waals surface area contributed by atoms with Crippen molar-refractivity contribution in [2.75, 3.05) is 6.61 Å². The van der Waals surface area contributed by atoms with Gasteiger partial charge in [-0.05, 0) is 6.92 Å². The van der Waals surface area contributed by atoms with E-state index in [4.69, 9.17) is 9.84 Å². The largest absolute Gasteiger partial charge is 0.391 e. The molecule has 0 aromatic rings. The maximum absolute atomic E-state index is 9.74. The average molecular weight is 268 g/mol. The molecule has 108 valence electrons. The van der Waals surface area contributed by atoms with E-state index in [1.54, 1.807) is 0 Å². The summed E-state index contributed by atoms with van der Waals surface area (Å²) in [7, 11) is 0. The molecule has 1 aliphatic heterocycles. The molecular weight excluding hydrogens is 248 g/mol. The number of rotatable bonds is 4. The van der Waals surface area contributed by atoms with E-state index in [1.165, 1.54) is 6.92 Å². The number of aliphatic hydroxyl groups excluding tert-OH is 7. The Balaban J connectivity index is 2.69. The highest BCUT2D eigenvalue weighted by molar-refractivity contribution is 4.94. The van der Waals surface area contributed by atoms with Gasteiger partial charge < -0.3 is 40.5 Å². The molecule has 0 aliphatic carbocycles. The molecule has 8 nitrogen and oxygen atoms in total. The maximum Gasteiger partial charge on any atom is 0.115 e. The first-order chi connectivity index (χ1) is 8.27. The highest BCUT2D eigenvalue weighted by atomic mass is 16.5. The Morgan fingerprint density at radius 1 is 0.944 bits per heavy atom. The molecule has 0 bridgehead atoms. The van der Waals surface area contributed by atoms with Crippen LogP contribution in [0.25, 0.3) is 0 Å². The summed E-state index contributed by atoms with van der Waals surface area (Å²) in [4.78, 5) is 0. The molecule has 1 saturated heterocycles. The molecule has 1 heterocycles. The maximum atomic E-state index is 9.74. The van der Waals surface area contributed by atoms with Crippen molar-refractivity contribution in [1.29, 1.82) is 0 Å². The summed E-state index contributed by atoms with van der Waals surface area (Å²) in [5, 5.41) is 66.0. The summed E-state index contributed by atoms with van der Waals surface area (Å²) >= 11 is 0. The predicted octanol–water partition coefficient (Wildman–Crippen LogP) is -4.07. The van der Waals surface area contributed by atoms with Crippen LogP contribution in [-0.2, 0) is 4.74 Å². The molecule has 8 heteroatoms. The fraction of sp³-hybridized carbons (Fsp3) is 1.00. The van der Waals surface area contributed by atoms with Crippen molar-refractivity contribution in [3.8, 4) is 0 Å². The van der Waals surface area contributed by atoms with E-state index in [2.05, 4.69) is 0 Å². The highest BCUT2D eigenvalue weighted by Gasteiger charge is 2.44. The van der Waals surface area contributed by atoms with Crippen LogP contribution in [-0.4, -0.2) is 91.2 Å². The lowest BCUT2D eigenvalue weighted by Gasteiger charge is -2.39. The van der Waals surface area contributed by atoms with Gasteiger partial charge in [0.05, 0.1) is 12.7 Å². The molecule has 0 radical (unpaired) electrons. The molecule has 1 aliphatic rings. The van der Waals surface area contributed by atoms with Gasteiger partial charge in [-0.25, -0.2) is 0 Å². The smallest absolute Gasteiger partial charge is 0.115 e. The van der Waals surface area contributed by atoms with Crippen LogP contribution in [0, 0.1) is 0 Å². The Bertz CT molecular complexity index is 260. The number of hydrogen-bond acceptors (Lipinski definition) is 8. The number of aliphatic hydroxyl groups is 7. The molecule has 0 aromatic carbocycles. The van der Waals surface area contributed by atoms with E-state index in [9.17, 15) is 30.6 Å². The summed E-state index contributed by atoms with van der Waals surface area (Å²) in [6.45, 7) is 0.898. The molecule has 0 unspecified atom stereocenters. The summed E-state index contributed by atoms with van der Waals surface area (Å²) in [6.07, 6.45) is -12.2. The van der Waals surface area contributed by atoms with E-state index >= 15 is 0 Å². The van der Waals surface area contributed by atoms with Crippen molar-refractivity contribution in [1.82, 2.24) is 0 Å². The van der Waals surface area contributed by atoms with E-state index in [-0.39, 0.29) is 6.61 Å². The molecule has 0 spiro atoms. The summed E-state index contributed by atoms with van der Waals surface area (Å²) < 4.78 is 4.92. The molecule has 7 N–H and O–H groups in total. The molecule has 8 atom stereocenters. The Morgan fingerprint density at radius 3 is 2.00 bits per heavy atom. The predicted molar refractivity (Wildman–Crippen MR) is 57.5 cm³/mol. The van der Waals surface area contributed by atoms with Gasteiger partial charge in [-0.1, -0.05) is 0 Å². The Morgan fingerprint density at radius 2 is 1.50 bits per heavy atom. The van der Waals surface area contributed by atoms with E-state index < -0.39 is 48.8 Å². The zero-order chi connectivity index (χ0) is 14.0. The third-order valence-electron chi connectivity index (χ3n) is 3.07. The molecule has 0 saturated carbocycles. The first kappa shape index (κ1) is 15.7. The molecule has 18 heavy (non-hydrogen) atoms. The van der Waals surface area contributed by atoms with Crippen LogP contribution in [0.15, 0.2) is 0 Å². The minimum atomic E-state index is -1.76. The minimum absolute atomic E-state index is 0.322. The van der Waals surface area contributed by atoms with Crippen LogP contribution in [0.2, 0.25) is 0 Å². The third-order valence-corrected chi connectivity index (χ3v) is 3.07. The van der Waals surface area contributed by atoms with Gasteiger partial charge in [-0.2, -0.15) is 0 Å². The topological polar surface area (TPSA) is 151 Å². The van der Waals surface area contributed by atoms with Crippen LogP contribution in [0.4, 0.5) is 0 Å². The molecule has 1 rings (SSSR count). The van der Waals surface area contributed by atoms with Gasteiger partial charge >= 0.3 is 0 Å². The van der Waals surface area contributed by atoms with Crippen molar-refractivity contribution in [3.05, 3.63) is 0 Å². The van der Waals surface area contributed by atoms with Crippen molar-refractivity contribution in [2.24, 2.45) is 0 Å². The zero-order valence-corrected chi connectivity index (χ0v) is 9.86. The summed E-state index contributed by atoms with van der Waals surface area (Å²) in [5.74, 6) is 0. The first-order valence-electron chi connectivity index (χ1n) is 5.65. The molecule has 1 fully saturated rings. The fourth-order valence-electron chi connectivity index (χ4n) is 1.81. The lowest BCUT2D eigenvalue weighted by atomic mass is 9.91. The summed E-state index contributed by atoms with van der Waals surface area (Å²) in [5.41, 5.74) is 0. The number of hydrogen-bond donors (Lipinski definition) is 7. The Kier molecular flexibility index (Phi) is 5.44. The van der Waals surface area contributed by atoms with Gasteiger partial charge in [0.25, 0.3) is 0 Å². The van der Waals surface area contributed by atoms with Gasteiger partial charge in [-0.3, -0.25) is 0 Å². The van der Waals surface area contributed by atoms with Crippen molar-refractivity contribution < 1.29 is 40.5 Å². The zero-order valence-electron chi connectivity index (χ0n) is 9.86. The van der Waals surface area contributed by atoms with Crippen molar-refractivity contribution in [3.63, 3.8) is 0 Å². The monoisotopic (exact) mass is 268 g/mol. The van der Waals surface area contributed by atoms with Crippen LogP contribution in [0.3, 0.4) is 0 Å². The fourth-order valence-corrected chi connectivity index (χ4v) is 1.81. The second kappa shape index (κ2) is 6.22. The van der Waals surface area contributed by atoms with Gasteiger partial charge in [0, 0.05) is 0 Å². The van der Waals surface area contributed by atoms with Gasteiger partial charge in [0.1, 0.15) is 42.7 Å². The van der Waals surface area contributed by atoms with Crippen molar-refractivity contribution in [2.45, 2.75) is 55.8 Å². The third kappa shape index (κ3) is 3.16. The van der Waals surface area contributed by atoms with Crippen LogP contribution >= 0.6 is 0 Å². The SMILES string of the molecule is C[C@@H](O)[C@@H](O)[C@H](O)[C@@H](O)[C@H]1OC[C@H](O)[C@@H](O)[C@H]1O. The molecular formula is C10H20O8. The van der Waals surface area contributed by atoms with Gasteiger partial charge in [0.15, 0.2) is 0 Å². The minimum Gasteiger partial charge on any atom is -0.391 e. The average Bonchev–Trinajstić information content (AvgIpc) is 2.33. The summed E-state index contributed by atoms with van der Waals surface area (Å²) in [6, 6.07) is 0. The standard InChI is InChI=1S/C10H20O8/c1-3(11)5(13)7(15)9(17)10-8(16)6(14)4(12)2-18-10/h3-17H,2H2,1H3/t3-,4+,5-,6-,7+,8-,9-,10+/m1/s1. The Hall–Kier alpha value is -0.320.